The first-order valence-corrected chi connectivity index (χ1v) is 5.19. The molecule has 0 atom stereocenters. The average Bonchev–Trinajstić information content (AvgIpc) is 2.61. The first kappa shape index (κ1) is 14.5. The van der Waals surface area contributed by atoms with E-state index in [-0.39, 0.29) is 29.2 Å². The van der Waals surface area contributed by atoms with Crippen molar-refractivity contribution in [2.75, 3.05) is 5.73 Å². The first-order valence-electron chi connectivity index (χ1n) is 5.19. The molecule has 8 nitrogen and oxygen atoms in total. The Labute approximate surface area is 107 Å². The maximum atomic E-state index is 10.3. The lowest BCUT2D eigenvalue weighted by atomic mass is 10.2. The number of carbonyl (C=O) groups excluding carboxylic acids is 2. The Morgan fingerprint density at radius 1 is 1.21 bits per heavy atom. The van der Waals surface area contributed by atoms with Crippen molar-refractivity contribution in [3.8, 4) is 5.75 Å². The molecule has 0 aliphatic carbocycles. The van der Waals surface area contributed by atoms with Crippen LogP contribution < -0.4 is 5.73 Å². The number of carboxylic acid groups (broad SMARTS) is 1. The largest absolute Gasteiger partial charge is 0.507 e. The van der Waals surface area contributed by atoms with Gasteiger partial charge in [0.1, 0.15) is 11.3 Å². The Hall–Kier alpha value is -2.61. The SMILES string of the molecule is Nc1ccc(C(=O)O)c(O)c1.O=C1CCC(=O)N1O. The Kier molecular flexibility index (Phi) is 4.43. The maximum absolute atomic E-state index is 10.3. The summed E-state index contributed by atoms with van der Waals surface area (Å²) in [5.74, 6) is -2.48. The standard InChI is InChI=1S/C7H7NO3.C4H5NO3/c8-4-1-2-5(7(10)11)6(9)3-4;6-3-1-2-4(7)5(3)8/h1-3,9H,8H2,(H,10,11);8H,1-2H2. The van der Waals surface area contributed by atoms with Crippen molar-refractivity contribution >= 4 is 23.5 Å². The van der Waals surface area contributed by atoms with Gasteiger partial charge in [0, 0.05) is 24.6 Å². The van der Waals surface area contributed by atoms with Crippen molar-refractivity contribution in [2.24, 2.45) is 0 Å². The highest BCUT2D eigenvalue weighted by atomic mass is 16.5. The van der Waals surface area contributed by atoms with Crippen molar-refractivity contribution in [1.82, 2.24) is 5.06 Å². The molecule has 1 saturated heterocycles. The minimum atomic E-state index is -1.16. The highest BCUT2D eigenvalue weighted by Gasteiger charge is 2.26. The van der Waals surface area contributed by atoms with Crippen molar-refractivity contribution in [2.45, 2.75) is 12.8 Å². The molecule has 1 aromatic rings. The van der Waals surface area contributed by atoms with E-state index >= 15 is 0 Å². The van der Waals surface area contributed by atoms with Crippen LogP contribution in [-0.4, -0.2) is 38.3 Å². The summed E-state index contributed by atoms with van der Waals surface area (Å²) in [5, 5.41) is 26.0. The molecule has 102 valence electrons. The second-order valence-electron chi connectivity index (χ2n) is 3.68. The van der Waals surface area contributed by atoms with Crippen molar-refractivity contribution in [3.63, 3.8) is 0 Å². The van der Waals surface area contributed by atoms with Gasteiger partial charge in [-0.1, -0.05) is 0 Å². The van der Waals surface area contributed by atoms with Gasteiger partial charge in [0.15, 0.2) is 0 Å². The smallest absolute Gasteiger partial charge is 0.339 e. The highest BCUT2D eigenvalue weighted by molar-refractivity contribution is 6.00. The molecule has 2 amide bonds. The van der Waals surface area contributed by atoms with Crippen LogP contribution in [-0.2, 0) is 9.59 Å². The fourth-order valence-electron chi connectivity index (χ4n) is 1.29. The van der Waals surface area contributed by atoms with Crippen LogP contribution in [0.2, 0.25) is 0 Å². The predicted octanol–water partition coefficient (Wildman–Crippen LogP) is 0.197. The van der Waals surface area contributed by atoms with Crippen LogP contribution in [0.3, 0.4) is 0 Å². The zero-order valence-corrected chi connectivity index (χ0v) is 9.74. The number of benzene rings is 1. The molecule has 5 N–H and O–H groups in total. The molecule has 0 bridgehead atoms. The van der Waals surface area contributed by atoms with Gasteiger partial charge < -0.3 is 15.9 Å². The number of anilines is 1. The normalized spacial score (nSPS) is 14.1. The Morgan fingerprint density at radius 2 is 1.74 bits per heavy atom. The molecular formula is C11H12N2O6. The third-order valence-corrected chi connectivity index (χ3v) is 2.28. The number of carboxylic acids is 1. The van der Waals surface area contributed by atoms with Crippen molar-refractivity contribution < 1.29 is 29.8 Å². The molecular weight excluding hydrogens is 256 g/mol. The van der Waals surface area contributed by atoms with Crippen molar-refractivity contribution in [3.05, 3.63) is 23.8 Å². The van der Waals surface area contributed by atoms with Gasteiger partial charge in [0.25, 0.3) is 11.8 Å². The van der Waals surface area contributed by atoms with E-state index in [0.29, 0.717) is 5.69 Å². The summed E-state index contributed by atoms with van der Waals surface area (Å²) in [6.07, 6.45) is 0.296. The molecule has 1 aromatic carbocycles. The summed E-state index contributed by atoms with van der Waals surface area (Å²) in [4.78, 5) is 30.8. The third kappa shape index (κ3) is 3.68. The summed E-state index contributed by atoms with van der Waals surface area (Å²) in [6.45, 7) is 0. The number of hydrogen-bond donors (Lipinski definition) is 4. The number of nitrogens with two attached hydrogens (primary N) is 1. The summed E-state index contributed by atoms with van der Waals surface area (Å²) >= 11 is 0. The fourth-order valence-corrected chi connectivity index (χ4v) is 1.29. The molecule has 19 heavy (non-hydrogen) atoms. The zero-order chi connectivity index (χ0) is 14.6. The van der Waals surface area contributed by atoms with E-state index in [1.165, 1.54) is 18.2 Å². The molecule has 0 saturated carbocycles. The number of amides is 2. The number of nitrogen functional groups attached to an aromatic ring is 1. The van der Waals surface area contributed by atoms with Gasteiger partial charge in [0.05, 0.1) is 0 Å². The Morgan fingerprint density at radius 3 is 2.05 bits per heavy atom. The summed E-state index contributed by atoms with van der Waals surface area (Å²) < 4.78 is 0. The highest BCUT2D eigenvalue weighted by Crippen LogP contribution is 2.19. The molecule has 1 aliphatic heterocycles. The minimum Gasteiger partial charge on any atom is -0.507 e. The predicted molar refractivity (Wildman–Crippen MR) is 62.4 cm³/mol. The van der Waals surface area contributed by atoms with Crippen LogP contribution >= 0.6 is 0 Å². The number of nitrogens with zero attached hydrogens (tertiary/aromatic N) is 1. The van der Waals surface area contributed by atoms with Crippen LogP contribution in [0.5, 0.6) is 5.75 Å². The lowest BCUT2D eigenvalue weighted by Gasteiger charge is -1.98. The van der Waals surface area contributed by atoms with Crippen LogP contribution in [0, 0.1) is 0 Å². The minimum absolute atomic E-state index is 0.140. The lowest BCUT2D eigenvalue weighted by molar-refractivity contribution is -0.171. The van der Waals surface area contributed by atoms with E-state index in [2.05, 4.69) is 0 Å². The van der Waals surface area contributed by atoms with Gasteiger partial charge >= 0.3 is 5.97 Å². The van der Waals surface area contributed by atoms with E-state index in [0.717, 1.165) is 0 Å². The van der Waals surface area contributed by atoms with Crippen LogP contribution in [0.25, 0.3) is 0 Å². The van der Waals surface area contributed by atoms with E-state index in [4.69, 9.17) is 21.2 Å². The lowest BCUT2D eigenvalue weighted by Crippen LogP contribution is -2.24. The van der Waals surface area contributed by atoms with Crippen LogP contribution in [0.4, 0.5) is 5.69 Å². The topological polar surface area (TPSA) is 141 Å². The summed E-state index contributed by atoms with van der Waals surface area (Å²) in [5.41, 5.74) is 5.48. The molecule has 1 aliphatic rings. The second kappa shape index (κ2) is 5.83. The van der Waals surface area contributed by atoms with Crippen LogP contribution in [0.15, 0.2) is 18.2 Å². The number of hydrogen-bond acceptors (Lipinski definition) is 6. The molecule has 0 unspecified atom stereocenters. The van der Waals surface area contributed by atoms with Gasteiger partial charge in [-0.15, -0.1) is 0 Å². The number of phenols is 1. The third-order valence-electron chi connectivity index (χ3n) is 2.28. The van der Waals surface area contributed by atoms with E-state index < -0.39 is 17.8 Å². The number of carbonyl (C=O) groups is 3. The average molecular weight is 268 g/mol. The van der Waals surface area contributed by atoms with Gasteiger partial charge in [-0.05, 0) is 12.1 Å². The van der Waals surface area contributed by atoms with Crippen molar-refractivity contribution in [1.29, 1.82) is 0 Å². The maximum Gasteiger partial charge on any atom is 0.339 e. The van der Waals surface area contributed by atoms with Gasteiger partial charge in [0.2, 0.25) is 0 Å². The van der Waals surface area contributed by atoms with Gasteiger partial charge in [-0.2, -0.15) is 5.06 Å². The monoisotopic (exact) mass is 268 g/mol. The molecule has 0 aromatic heterocycles. The summed E-state index contributed by atoms with van der Waals surface area (Å²) in [6, 6.07) is 3.87. The summed E-state index contributed by atoms with van der Waals surface area (Å²) in [7, 11) is 0. The zero-order valence-electron chi connectivity index (χ0n) is 9.74. The number of aromatic hydroxyl groups is 1. The second-order valence-corrected chi connectivity index (χ2v) is 3.68. The van der Waals surface area contributed by atoms with Gasteiger partial charge in [-0.25, -0.2) is 4.79 Å². The fraction of sp³-hybridized carbons (Fsp3) is 0.182. The molecule has 0 radical (unpaired) electrons. The Bertz CT molecular complexity index is 512. The molecule has 2 rings (SSSR count). The van der Waals surface area contributed by atoms with E-state index in [1.807, 2.05) is 0 Å². The Balaban J connectivity index is 0.000000200. The number of imide groups is 1. The molecule has 1 heterocycles. The van der Waals surface area contributed by atoms with E-state index in [9.17, 15) is 14.4 Å². The van der Waals surface area contributed by atoms with Crippen LogP contribution in [0.1, 0.15) is 23.2 Å². The first-order chi connectivity index (χ1) is 8.82. The van der Waals surface area contributed by atoms with E-state index in [1.54, 1.807) is 0 Å². The number of hydroxylamine groups is 2. The number of rotatable bonds is 1. The number of aromatic carboxylic acids is 1. The van der Waals surface area contributed by atoms with Gasteiger partial charge in [-0.3, -0.25) is 14.8 Å². The quantitative estimate of drug-likeness (QED) is 0.323. The molecule has 0 spiro atoms. The molecule has 8 heteroatoms. The molecule has 1 fully saturated rings.